The van der Waals surface area contributed by atoms with Crippen molar-refractivity contribution in [3.8, 4) is 6.07 Å². The van der Waals surface area contributed by atoms with Crippen molar-refractivity contribution >= 4 is 32.9 Å². The molecule has 1 aliphatic rings. The second-order valence-electron chi connectivity index (χ2n) is 10.3. The minimum atomic E-state index is -0.480. The van der Waals surface area contributed by atoms with Crippen LogP contribution in [-0.4, -0.2) is 72.4 Å². The van der Waals surface area contributed by atoms with Crippen LogP contribution in [0.3, 0.4) is 0 Å². The van der Waals surface area contributed by atoms with Gasteiger partial charge in [0.2, 0.25) is 0 Å². The number of hydrogen-bond acceptors (Lipinski definition) is 6. The largest absolute Gasteiger partial charge is 0.361 e. The van der Waals surface area contributed by atoms with E-state index in [1.807, 2.05) is 37.5 Å². The number of nitrogens with one attached hydrogen (secondary N) is 1. The summed E-state index contributed by atoms with van der Waals surface area (Å²) >= 11 is 1.57. The highest BCUT2D eigenvalue weighted by molar-refractivity contribution is 8.32. The van der Waals surface area contributed by atoms with Gasteiger partial charge in [0.1, 0.15) is 5.25 Å². The zero-order valence-electron chi connectivity index (χ0n) is 23.2. The molecule has 1 aliphatic heterocycles. The molecule has 0 bridgehead atoms. The fourth-order valence-electron chi connectivity index (χ4n) is 3.84. The quantitative estimate of drug-likeness (QED) is 0.246. The van der Waals surface area contributed by atoms with Gasteiger partial charge in [-0.05, 0) is 100 Å². The number of aryl methyl sites for hydroxylation is 1. The van der Waals surface area contributed by atoms with E-state index in [2.05, 4.69) is 82.4 Å². The first-order valence-electron chi connectivity index (χ1n) is 12.7. The molecule has 0 radical (unpaired) electrons. The Morgan fingerprint density at radius 1 is 1.16 bits per heavy atom. The molecule has 1 saturated heterocycles. The van der Waals surface area contributed by atoms with Gasteiger partial charge in [-0.15, -0.1) is 0 Å². The molecule has 0 saturated carbocycles. The Labute approximate surface area is 229 Å². The number of nitriles is 1. The van der Waals surface area contributed by atoms with Gasteiger partial charge in [0.15, 0.2) is 0 Å². The Bertz CT molecular complexity index is 1110. The Morgan fingerprint density at radius 2 is 1.84 bits per heavy atom. The molecule has 0 amide bonds. The normalized spacial score (nSPS) is 14.8. The number of nitrogens with zero attached hydrogens (tertiary/aromatic N) is 4. The summed E-state index contributed by atoms with van der Waals surface area (Å²) in [4.78, 5) is 15.2. The van der Waals surface area contributed by atoms with Crippen LogP contribution in [0.5, 0.6) is 0 Å². The molecular formula is C29H43N5OS2. The number of aromatic nitrogens is 1. The predicted molar refractivity (Wildman–Crippen MR) is 165 cm³/mol. The Balaban J connectivity index is 0.000000281. The number of rotatable bonds is 8. The highest BCUT2D eigenvalue weighted by Crippen LogP contribution is 2.34. The van der Waals surface area contributed by atoms with Gasteiger partial charge in [0.25, 0.3) is 0 Å². The van der Waals surface area contributed by atoms with Crippen molar-refractivity contribution in [2.45, 2.75) is 31.6 Å². The second-order valence-corrected chi connectivity index (χ2v) is 16.2. The number of aromatic amines is 1. The lowest BCUT2D eigenvalue weighted by molar-refractivity contribution is 0.418. The molecule has 202 valence electrons. The van der Waals surface area contributed by atoms with E-state index in [9.17, 15) is 10.2 Å². The van der Waals surface area contributed by atoms with Gasteiger partial charge in [0, 0.05) is 23.6 Å². The number of nitroso groups, excluding NO2 is 1. The molecular weight excluding hydrogens is 498 g/mol. The predicted octanol–water partition coefficient (Wildman–Crippen LogP) is 6.98. The zero-order valence-corrected chi connectivity index (χ0v) is 24.9. The molecule has 1 N–H and O–H groups in total. The van der Waals surface area contributed by atoms with Crippen LogP contribution in [0.4, 0.5) is 0 Å². The van der Waals surface area contributed by atoms with E-state index in [1.165, 1.54) is 42.4 Å². The molecule has 1 atom stereocenters. The van der Waals surface area contributed by atoms with E-state index >= 15 is 0 Å². The summed E-state index contributed by atoms with van der Waals surface area (Å²) in [5.74, 6) is 0.969. The monoisotopic (exact) mass is 541 g/mol. The van der Waals surface area contributed by atoms with E-state index in [0.29, 0.717) is 6.54 Å². The van der Waals surface area contributed by atoms with Gasteiger partial charge in [-0.2, -0.15) is 10.2 Å². The Morgan fingerprint density at radius 3 is 2.35 bits per heavy atom. The van der Waals surface area contributed by atoms with Crippen LogP contribution >= 0.6 is 22.0 Å². The lowest BCUT2D eigenvalue weighted by atomic mass is 10.1. The first kappa shape index (κ1) is 30.9. The highest BCUT2D eigenvalue weighted by Gasteiger charge is 2.16. The van der Waals surface area contributed by atoms with Gasteiger partial charge in [-0.3, -0.25) is 0 Å². The highest BCUT2D eigenvalue weighted by atomic mass is 32.3. The van der Waals surface area contributed by atoms with Crippen LogP contribution in [0.2, 0.25) is 0 Å². The molecule has 1 aromatic heterocycles. The molecule has 4 rings (SSSR count). The Kier molecular flexibility index (Phi) is 13.2. The number of benzene rings is 2. The van der Waals surface area contributed by atoms with Crippen LogP contribution in [0.15, 0.2) is 59.9 Å². The summed E-state index contributed by atoms with van der Waals surface area (Å²) in [6, 6.07) is 18.9. The van der Waals surface area contributed by atoms with E-state index < -0.39 is 10.0 Å². The van der Waals surface area contributed by atoms with Gasteiger partial charge in [-0.1, -0.05) is 53.5 Å². The van der Waals surface area contributed by atoms with Crippen molar-refractivity contribution in [1.29, 1.82) is 5.26 Å². The zero-order chi connectivity index (χ0) is 27.3. The average molecular weight is 542 g/mol. The minimum absolute atomic E-state index is 0.206. The first-order chi connectivity index (χ1) is 17.6. The second kappa shape index (κ2) is 15.8. The van der Waals surface area contributed by atoms with Crippen LogP contribution in [-0.2, 0) is 6.54 Å². The molecule has 2 heterocycles. The van der Waals surface area contributed by atoms with Crippen LogP contribution in [0, 0.1) is 23.2 Å². The average Bonchev–Trinajstić information content (AvgIpc) is 3.50. The third-order valence-corrected chi connectivity index (χ3v) is 8.48. The third kappa shape index (κ3) is 11.7. The van der Waals surface area contributed by atoms with Crippen LogP contribution in [0.25, 0.3) is 10.9 Å². The topological polar surface area (TPSA) is 75.5 Å². The van der Waals surface area contributed by atoms with Crippen molar-refractivity contribution in [3.63, 3.8) is 0 Å². The molecule has 0 spiro atoms. The fourth-order valence-corrected chi connectivity index (χ4v) is 5.37. The summed E-state index contributed by atoms with van der Waals surface area (Å²) in [5, 5.41) is 13.4. The van der Waals surface area contributed by atoms with Crippen LogP contribution in [0.1, 0.15) is 34.8 Å². The van der Waals surface area contributed by atoms with Gasteiger partial charge < -0.3 is 9.88 Å². The maximum atomic E-state index is 9.61. The van der Waals surface area contributed by atoms with Gasteiger partial charge in [-0.25, -0.2) is 14.3 Å². The molecule has 6 nitrogen and oxygen atoms in total. The molecule has 1 fully saturated rings. The maximum Gasteiger partial charge on any atom is 0.131 e. The van der Waals surface area contributed by atoms with Gasteiger partial charge >= 0.3 is 0 Å². The smallest absolute Gasteiger partial charge is 0.131 e. The minimum Gasteiger partial charge on any atom is -0.361 e. The van der Waals surface area contributed by atoms with Crippen molar-refractivity contribution in [2.75, 3.05) is 58.2 Å². The maximum absolute atomic E-state index is 9.61. The van der Waals surface area contributed by atoms with Gasteiger partial charge in [0.05, 0.1) is 12.6 Å². The standard InChI is InChI=1S/C19H19N3S.C5H13NOS.C5H11N/c1-14-12-21-18-9-8-16(10-17(14)18)19(11-20)23-22(2)13-15-6-4-3-5-7-15;1-8(2,3)5-4-6-7;1-6-4-2-3-5-6/h3-10,12,19,21H,13H2,1-2H3;4-5H2,1-3H3;2-5H2,1H3. The summed E-state index contributed by atoms with van der Waals surface area (Å²) in [7, 11) is 3.72. The molecule has 3 aromatic rings. The van der Waals surface area contributed by atoms with E-state index in [4.69, 9.17) is 0 Å². The van der Waals surface area contributed by atoms with Crippen LogP contribution < -0.4 is 0 Å². The molecule has 2 aromatic carbocycles. The third-order valence-electron chi connectivity index (χ3n) is 5.99. The number of likely N-dealkylation sites (tertiary alicyclic amines) is 1. The first-order valence-corrected chi connectivity index (χ1v) is 16.5. The van der Waals surface area contributed by atoms with Crippen molar-refractivity contribution in [3.05, 3.63) is 76.3 Å². The number of fused-ring (bicyclic) bond motifs is 1. The lowest BCUT2D eigenvalue weighted by Gasteiger charge is -2.22. The van der Waals surface area contributed by atoms with E-state index in [1.54, 1.807) is 11.9 Å². The number of hydrogen-bond donors (Lipinski definition) is 1. The molecule has 8 heteroatoms. The van der Waals surface area contributed by atoms with E-state index in [-0.39, 0.29) is 5.25 Å². The summed E-state index contributed by atoms with van der Waals surface area (Å²) in [6.45, 7) is 6.02. The Hall–Kier alpha value is -2.31. The van der Waals surface area contributed by atoms with Crippen molar-refractivity contribution in [2.24, 2.45) is 5.18 Å². The SMILES string of the molecule is CN1CCCC1.CS(C)(C)CCN=O.Cc1c[nH]c2ccc(C(C#N)SN(C)Cc3ccccc3)cc12. The summed E-state index contributed by atoms with van der Waals surface area (Å²) in [6.07, 6.45) is 11.4. The van der Waals surface area contributed by atoms with Crippen molar-refractivity contribution < 1.29 is 0 Å². The van der Waals surface area contributed by atoms with E-state index in [0.717, 1.165) is 23.4 Å². The lowest BCUT2D eigenvalue weighted by Crippen LogP contribution is -2.11. The molecule has 37 heavy (non-hydrogen) atoms. The fraction of sp³-hybridized carbons (Fsp3) is 0.483. The summed E-state index contributed by atoms with van der Waals surface area (Å²) < 4.78 is 2.12. The molecule has 0 aliphatic carbocycles. The van der Waals surface area contributed by atoms with Crippen molar-refractivity contribution in [1.82, 2.24) is 14.2 Å². The number of H-pyrrole nitrogens is 1. The summed E-state index contributed by atoms with van der Waals surface area (Å²) in [5.41, 5.74) is 4.62. The molecule has 1 unspecified atom stereocenters.